The molecule has 1 fully saturated rings. The van der Waals surface area contributed by atoms with E-state index >= 15 is 0 Å². The van der Waals surface area contributed by atoms with Crippen molar-refractivity contribution in [3.8, 4) is 0 Å². The number of halogens is 2. The second kappa shape index (κ2) is 6.42. The Morgan fingerprint density at radius 1 is 1.45 bits per heavy atom. The van der Waals surface area contributed by atoms with Crippen LogP contribution in [0.1, 0.15) is 39.2 Å². The van der Waals surface area contributed by atoms with E-state index in [2.05, 4.69) is 31.0 Å². The number of rotatable bonds is 4. The molecule has 112 valence electrons. The van der Waals surface area contributed by atoms with Crippen LogP contribution in [0, 0.1) is 5.82 Å². The molecule has 1 N–H and O–H groups in total. The molecular weight excluding hydrogens is 275 g/mol. The maximum atomic E-state index is 13.4. The third-order valence-corrected chi connectivity index (χ3v) is 4.97. The van der Waals surface area contributed by atoms with Gasteiger partial charge in [-0.3, -0.25) is 4.90 Å². The Morgan fingerprint density at radius 3 is 2.85 bits per heavy atom. The second-order valence-electron chi connectivity index (χ2n) is 5.95. The first kappa shape index (κ1) is 15.7. The number of hydrogen-bond acceptors (Lipinski definition) is 2. The highest BCUT2D eigenvalue weighted by Gasteiger charge is 2.35. The summed E-state index contributed by atoms with van der Waals surface area (Å²) in [5.41, 5.74) is 0.976. The van der Waals surface area contributed by atoms with Gasteiger partial charge in [-0.05, 0) is 43.5 Å². The monoisotopic (exact) mass is 298 g/mol. The van der Waals surface area contributed by atoms with E-state index in [9.17, 15) is 4.39 Å². The number of nitrogens with one attached hydrogen (secondary N) is 1. The smallest absolute Gasteiger partial charge is 0.123 e. The Bertz CT molecular complexity index is 466. The first-order valence-electron chi connectivity index (χ1n) is 7.41. The minimum Gasteiger partial charge on any atom is -0.311 e. The van der Waals surface area contributed by atoms with Crippen molar-refractivity contribution in [2.24, 2.45) is 0 Å². The number of benzene rings is 1. The maximum absolute atomic E-state index is 13.4. The van der Waals surface area contributed by atoms with Crippen LogP contribution in [0.2, 0.25) is 5.02 Å². The van der Waals surface area contributed by atoms with Gasteiger partial charge in [0.05, 0.1) is 0 Å². The van der Waals surface area contributed by atoms with E-state index in [-0.39, 0.29) is 11.4 Å². The van der Waals surface area contributed by atoms with Gasteiger partial charge >= 0.3 is 0 Å². The van der Waals surface area contributed by atoms with Gasteiger partial charge in [0, 0.05) is 36.2 Å². The maximum Gasteiger partial charge on any atom is 0.123 e. The second-order valence-corrected chi connectivity index (χ2v) is 6.36. The molecule has 2 atom stereocenters. The summed E-state index contributed by atoms with van der Waals surface area (Å²) in [5.74, 6) is -0.218. The van der Waals surface area contributed by atoms with E-state index in [1.807, 2.05) is 0 Å². The summed E-state index contributed by atoms with van der Waals surface area (Å²) in [7, 11) is 0. The highest BCUT2D eigenvalue weighted by atomic mass is 35.5. The Kier molecular flexibility index (Phi) is 5.05. The molecule has 0 bridgehead atoms. The minimum absolute atomic E-state index is 0.0985. The number of hydrogen-bond donors (Lipinski definition) is 1. The van der Waals surface area contributed by atoms with E-state index in [0.717, 1.165) is 31.5 Å². The SMILES string of the molecule is CCC1CN(Cc2cc(F)ccc2Cl)C(C)(CC)CN1. The lowest BCUT2D eigenvalue weighted by atomic mass is 9.91. The van der Waals surface area contributed by atoms with Crippen LogP contribution in [0.4, 0.5) is 4.39 Å². The van der Waals surface area contributed by atoms with E-state index in [1.165, 1.54) is 6.07 Å². The summed E-state index contributed by atoms with van der Waals surface area (Å²) in [6.07, 6.45) is 2.16. The van der Waals surface area contributed by atoms with Gasteiger partial charge in [0.25, 0.3) is 0 Å². The van der Waals surface area contributed by atoms with Crippen molar-refractivity contribution in [1.82, 2.24) is 10.2 Å². The molecule has 20 heavy (non-hydrogen) atoms. The highest BCUT2D eigenvalue weighted by Crippen LogP contribution is 2.28. The molecule has 0 radical (unpaired) electrons. The van der Waals surface area contributed by atoms with Gasteiger partial charge in [0.1, 0.15) is 5.82 Å². The molecule has 1 saturated heterocycles. The zero-order valence-corrected chi connectivity index (χ0v) is 13.3. The molecule has 0 spiro atoms. The van der Waals surface area contributed by atoms with E-state index in [0.29, 0.717) is 17.6 Å². The third-order valence-electron chi connectivity index (χ3n) is 4.60. The fourth-order valence-corrected chi connectivity index (χ4v) is 2.95. The van der Waals surface area contributed by atoms with Gasteiger partial charge in [-0.1, -0.05) is 25.4 Å². The summed E-state index contributed by atoms with van der Waals surface area (Å²) in [6.45, 7) is 9.31. The van der Waals surface area contributed by atoms with Crippen molar-refractivity contribution in [3.63, 3.8) is 0 Å². The summed E-state index contributed by atoms with van der Waals surface area (Å²) < 4.78 is 13.4. The molecule has 1 aromatic rings. The van der Waals surface area contributed by atoms with Gasteiger partial charge < -0.3 is 5.32 Å². The molecule has 2 rings (SSSR count). The molecule has 0 aromatic heterocycles. The van der Waals surface area contributed by atoms with Crippen LogP contribution in [0.25, 0.3) is 0 Å². The summed E-state index contributed by atoms with van der Waals surface area (Å²) in [6, 6.07) is 5.12. The lowest BCUT2D eigenvalue weighted by Crippen LogP contribution is -2.62. The van der Waals surface area contributed by atoms with Gasteiger partial charge in [-0.2, -0.15) is 0 Å². The summed E-state index contributed by atoms with van der Waals surface area (Å²) in [5, 5.41) is 4.25. The molecule has 0 aliphatic carbocycles. The summed E-state index contributed by atoms with van der Waals surface area (Å²) >= 11 is 6.21. The van der Waals surface area contributed by atoms with Gasteiger partial charge in [-0.15, -0.1) is 0 Å². The van der Waals surface area contributed by atoms with Crippen molar-refractivity contribution in [3.05, 3.63) is 34.6 Å². The minimum atomic E-state index is -0.218. The van der Waals surface area contributed by atoms with Crippen molar-refractivity contribution >= 4 is 11.6 Å². The first-order chi connectivity index (χ1) is 9.48. The number of piperazine rings is 1. The van der Waals surface area contributed by atoms with Gasteiger partial charge in [0.15, 0.2) is 0 Å². The van der Waals surface area contributed by atoms with E-state index in [4.69, 9.17) is 11.6 Å². The molecule has 1 aliphatic heterocycles. The molecule has 0 saturated carbocycles. The van der Waals surface area contributed by atoms with Crippen molar-refractivity contribution in [1.29, 1.82) is 0 Å². The van der Waals surface area contributed by atoms with Crippen molar-refractivity contribution in [2.75, 3.05) is 13.1 Å². The van der Waals surface area contributed by atoms with Gasteiger partial charge in [0.2, 0.25) is 0 Å². The first-order valence-corrected chi connectivity index (χ1v) is 7.78. The van der Waals surface area contributed by atoms with Crippen molar-refractivity contribution < 1.29 is 4.39 Å². The molecule has 1 aromatic carbocycles. The predicted molar refractivity (Wildman–Crippen MR) is 82.6 cm³/mol. The van der Waals surface area contributed by atoms with Crippen LogP contribution in [0.15, 0.2) is 18.2 Å². The number of nitrogens with zero attached hydrogens (tertiary/aromatic N) is 1. The van der Waals surface area contributed by atoms with Crippen LogP contribution in [-0.4, -0.2) is 29.6 Å². The Hall–Kier alpha value is -0.640. The van der Waals surface area contributed by atoms with E-state index < -0.39 is 0 Å². The van der Waals surface area contributed by atoms with Crippen LogP contribution >= 0.6 is 11.6 Å². The van der Waals surface area contributed by atoms with E-state index in [1.54, 1.807) is 12.1 Å². The quantitative estimate of drug-likeness (QED) is 0.909. The van der Waals surface area contributed by atoms with Crippen molar-refractivity contribution in [2.45, 2.75) is 51.7 Å². The zero-order valence-electron chi connectivity index (χ0n) is 12.5. The molecule has 1 aliphatic rings. The Balaban J connectivity index is 2.20. The molecular formula is C16H24ClFN2. The van der Waals surface area contributed by atoms with Crippen LogP contribution in [-0.2, 0) is 6.54 Å². The lowest BCUT2D eigenvalue weighted by Gasteiger charge is -2.48. The van der Waals surface area contributed by atoms with Gasteiger partial charge in [-0.25, -0.2) is 4.39 Å². The van der Waals surface area contributed by atoms with Crippen LogP contribution < -0.4 is 5.32 Å². The zero-order chi connectivity index (χ0) is 14.8. The summed E-state index contributed by atoms with van der Waals surface area (Å²) in [4.78, 5) is 2.44. The molecule has 2 unspecified atom stereocenters. The normalized spacial score (nSPS) is 27.8. The Labute approximate surface area is 126 Å². The fraction of sp³-hybridized carbons (Fsp3) is 0.625. The molecule has 1 heterocycles. The standard InChI is InChI=1S/C16H24ClFN2/c1-4-14-10-20(16(3,5-2)11-19-14)9-12-8-13(18)6-7-15(12)17/h6-8,14,19H,4-5,9-11H2,1-3H3. The largest absolute Gasteiger partial charge is 0.311 e. The fourth-order valence-electron chi connectivity index (χ4n) is 2.77. The molecule has 0 amide bonds. The average Bonchev–Trinajstić information content (AvgIpc) is 2.45. The van der Waals surface area contributed by atoms with Crippen LogP contribution in [0.5, 0.6) is 0 Å². The average molecular weight is 299 g/mol. The molecule has 2 nitrogen and oxygen atoms in total. The molecule has 4 heteroatoms. The lowest BCUT2D eigenvalue weighted by molar-refractivity contribution is 0.0408. The highest BCUT2D eigenvalue weighted by molar-refractivity contribution is 6.31. The van der Waals surface area contributed by atoms with Crippen LogP contribution in [0.3, 0.4) is 0 Å². The predicted octanol–water partition coefficient (Wildman–Crippen LogP) is 3.83. The Morgan fingerprint density at radius 2 is 2.20 bits per heavy atom. The third kappa shape index (κ3) is 3.33. The topological polar surface area (TPSA) is 15.3 Å².